The third-order valence-electron chi connectivity index (χ3n) is 2.08. The number of nitrogens with one attached hydrogen (secondary N) is 1. The van der Waals surface area contributed by atoms with Gasteiger partial charge in [0.1, 0.15) is 5.82 Å². The molecule has 2 rings (SSSR count). The Morgan fingerprint density at radius 2 is 2.21 bits per heavy atom. The minimum absolute atomic E-state index is 0.0450. The van der Waals surface area contributed by atoms with Crippen LogP contribution >= 0.6 is 12.2 Å². The van der Waals surface area contributed by atoms with Crippen molar-refractivity contribution in [3.05, 3.63) is 39.1 Å². The van der Waals surface area contributed by atoms with Crippen LogP contribution in [0.25, 0.3) is 10.9 Å². The molecule has 0 atom stereocenters. The van der Waals surface area contributed by atoms with Crippen LogP contribution in [-0.4, -0.2) is 9.55 Å². The van der Waals surface area contributed by atoms with E-state index in [1.54, 1.807) is 6.07 Å². The second-order valence-corrected chi connectivity index (χ2v) is 3.34. The van der Waals surface area contributed by atoms with Gasteiger partial charge in [-0.15, -0.1) is 0 Å². The molecule has 0 unspecified atom stereocenters. The summed E-state index contributed by atoms with van der Waals surface area (Å²) in [4.78, 5) is 14.4. The maximum absolute atomic E-state index is 13.3. The van der Waals surface area contributed by atoms with Gasteiger partial charge in [0.2, 0.25) is 0 Å². The number of aromatic amines is 1. The maximum atomic E-state index is 13.3. The van der Waals surface area contributed by atoms with Gasteiger partial charge in [0, 0.05) is 7.05 Å². The molecular formula is C9H7FN2OS. The second kappa shape index (κ2) is 3.02. The molecule has 0 aliphatic carbocycles. The first-order chi connectivity index (χ1) is 6.61. The molecule has 0 amide bonds. The SMILES string of the molecule is Cn1c(=S)[nH]c2cccc(F)c2c1=O. The summed E-state index contributed by atoms with van der Waals surface area (Å²) in [7, 11) is 1.51. The minimum atomic E-state index is -0.533. The van der Waals surface area contributed by atoms with Crippen LogP contribution in [-0.2, 0) is 7.05 Å². The van der Waals surface area contributed by atoms with E-state index in [4.69, 9.17) is 12.2 Å². The molecule has 1 aromatic heterocycles. The van der Waals surface area contributed by atoms with Crippen LogP contribution in [0.5, 0.6) is 0 Å². The van der Waals surface area contributed by atoms with Gasteiger partial charge in [-0.25, -0.2) is 4.39 Å². The first-order valence-electron chi connectivity index (χ1n) is 3.99. The molecule has 5 heteroatoms. The topological polar surface area (TPSA) is 37.8 Å². The summed E-state index contributed by atoms with van der Waals surface area (Å²) in [5.41, 5.74) is 0.0138. The molecule has 0 aliphatic heterocycles. The Morgan fingerprint density at radius 1 is 1.50 bits per heavy atom. The van der Waals surface area contributed by atoms with Crippen LogP contribution in [0.3, 0.4) is 0 Å². The van der Waals surface area contributed by atoms with Crippen LogP contribution in [0, 0.1) is 10.6 Å². The highest BCUT2D eigenvalue weighted by Gasteiger charge is 2.06. The van der Waals surface area contributed by atoms with Crippen LogP contribution in [0.15, 0.2) is 23.0 Å². The predicted molar refractivity (Wildman–Crippen MR) is 54.3 cm³/mol. The standard InChI is InChI=1S/C9H7FN2OS/c1-12-8(13)7-5(10)3-2-4-6(7)11-9(12)14/h2-4H,1H3,(H,11,14). The molecule has 0 fully saturated rings. The first kappa shape index (κ1) is 9.08. The van der Waals surface area contributed by atoms with Crippen molar-refractivity contribution in [1.29, 1.82) is 0 Å². The zero-order valence-electron chi connectivity index (χ0n) is 7.37. The summed E-state index contributed by atoms with van der Waals surface area (Å²) < 4.78 is 14.8. The Balaban J connectivity index is 3.15. The van der Waals surface area contributed by atoms with E-state index in [0.29, 0.717) is 5.52 Å². The molecule has 0 saturated carbocycles. The molecule has 3 nitrogen and oxygen atoms in total. The number of fused-ring (bicyclic) bond motifs is 1. The summed E-state index contributed by atoms with van der Waals surface area (Å²) in [5.74, 6) is -0.533. The lowest BCUT2D eigenvalue weighted by atomic mass is 10.2. The van der Waals surface area contributed by atoms with Crippen molar-refractivity contribution < 1.29 is 4.39 Å². The Hall–Kier alpha value is -1.49. The summed E-state index contributed by atoms with van der Waals surface area (Å²) in [5, 5.41) is 0.0450. The van der Waals surface area contributed by atoms with Crippen molar-refractivity contribution in [1.82, 2.24) is 9.55 Å². The van der Waals surface area contributed by atoms with Crippen LogP contribution < -0.4 is 5.56 Å². The molecular weight excluding hydrogens is 203 g/mol. The van der Waals surface area contributed by atoms with Gasteiger partial charge >= 0.3 is 0 Å². The molecule has 0 saturated heterocycles. The summed E-state index contributed by atoms with van der Waals surface area (Å²) in [6.45, 7) is 0. The van der Waals surface area contributed by atoms with E-state index in [2.05, 4.69) is 4.98 Å². The van der Waals surface area contributed by atoms with Crippen molar-refractivity contribution in [3.8, 4) is 0 Å². The lowest BCUT2D eigenvalue weighted by molar-refractivity contribution is 0.636. The van der Waals surface area contributed by atoms with Crippen molar-refractivity contribution in [2.75, 3.05) is 0 Å². The summed E-state index contributed by atoms with van der Waals surface area (Å²) >= 11 is 4.90. The highest BCUT2D eigenvalue weighted by molar-refractivity contribution is 7.71. The number of hydrogen-bond donors (Lipinski definition) is 1. The van der Waals surface area contributed by atoms with Crippen LogP contribution in [0.2, 0.25) is 0 Å². The lowest BCUT2D eigenvalue weighted by Crippen LogP contribution is -2.19. The van der Waals surface area contributed by atoms with E-state index in [-0.39, 0.29) is 10.2 Å². The van der Waals surface area contributed by atoms with Gasteiger partial charge in [-0.2, -0.15) is 0 Å². The molecule has 14 heavy (non-hydrogen) atoms. The van der Waals surface area contributed by atoms with Crippen LogP contribution in [0.4, 0.5) is 4.39 Å². The number of benzene rings is 1. The van der Waals surface area contributed by atoms with E-state index in [9.17, 15) is 9.18 Å². The van der Waals surface area contributed by atoms with E-state index in [1.807, 2.05) is 0 Å². The van der Waals surface area contributed by atoms with E-state index >= 15 is 0 Å². The molecule has 1 heterocycles. The Labute approximate surface area is 83.8 Å². The summed E-state index contributed by atoms with van der Waals surface area (Å²) in [6.07, 6.45) is 0. The molecule has 1 aromatic carbocycles. The zero-order chi connectivity index (χ0) is 10.3. The normalized spacial score (nSPS) is 10.7. The third-order valence-corrected chi connectivity index (χ3v) is 2.45. The largest absolute Gasteiger partial charge is 0.331 e. The molecule has 2 aromatic rings. The Kier molecular flexibility index (Phi) is 1.96. The molecule has 72 valence electrons. The fourth-order valence-corrected chi connectivity index (χ4v) is 1.50. The quantitative estimate of drug-likeness (QED) is 0.672. The Bertz CT molecular complexity index is 614. The van der Waals surface area contributed by atoms with E-state index in [1.165, 1.54) is 23.7 Å². The fourth-order valence-electron chi connectivity index (χ4n) is 1.30. The average molecular weight is 210 g/mol. The second-order valence-electron chi connectivity index (χ2n) is 2.96. The average Bonchev–Trinajstić information content (AvgIpc) is 2.14. The molecule has 0 aliphatic rings. The van der Waals surface area contributed by atoms with Crippen molar-refractivity contribution in [2.45, 2.75) is 0 Å². The number of nitrogens with zero attached hydrogens (tertiary/aromatic N) is 1. The van der Waals surface area contributed by atoms with Crippen molar-refractivity contribution in [3.63, 3.8) is 0 Å². The number of rotatable bonds is 0. The number of halogens is 1. The highest BCUT2D eigenvalue weighted by atomic mass is 32.1. The zero-order valence-corrected chi connectivity index (χ0v) is 8.19. The van der Waals surface area contributed by atoms with Gasteiger partial charge in [-0.05, 0) is 24.4 Å². The maximum Gasteiger partial charge on any atom is 0.264 e. The van der Waals surface area contributed by atoms with Gasteiger partial charge in [0.25, 0.3) is 5.56 Å². The number of H-pyrrole nitrogens is 1. The Morgan fingerprint density at radius 3 is 2.93 bits per heavy atom. The van der Waals surface area contributed by atoms with Crippen molar-refractivity contribution >= 4 is 23.1 Å². The molecule has 0 radical (unpaired) electrons. The van der Waals surface area contributed by atoms with Crippen LogP contribution in [0.1, 0.15) is 0 Å². The van der Waals surface area contributed by atoms with Crippen molar-refractivity contribution in [2.24, 2.45) is 7.05 Å². The fraction of sp³-hybridized carbons (Fsp3) is 0.111. The monoisotopic (exact) mass is 210 g/mol. The summed E-state index contributed by atoms with van der Waals surface area (Å²) in [6, 6.07) is 4.40. The van der Waals surface area contributed by atoms with Gasteiger partial charge in [-0.3, -0.25) is 9.36 Å². The third kappa shape index (κ3) is 1.17. The van der Waals surface area contributed by atoms with E-state index < -0.39 is 11.4 Å². The van der Waals surface area contributed by atoms with Gasteiger partial charge in [0.15, 0.2) is 4.77 Å². The van der Waals surface area contributed by atoms with Gasteiger partial charge in [0.05, 0.1) is 10.9 Å². The van der Waals surface area contributed by atoms with E-state index in [0.717, 1.165) is 0 Å². The molecule has 0 bridgehead atoms. The van der Waals surface area contributed by atoms with Gasteiger partial charge < -0.3 is 4.98 Å². The number of hydrogen-bond acceptors (Lipinski definition) is 2. The molecule has 1 N–H and O–H groups in total. The minimum Gasteiger partial charge on any atom is -0.331 e. The predicted octanol–water partition coefficient (Wildman–Crippen LogP) is 1.74. The van der Waals surface area contributed by atoms with Gasteiger partial charge in [-0.1, -0.05) is 6.07 Å². The molecule has 0 spiro atoms. The smallest absolute Gasteiger partial charge is 0.264 e. The number of aromatic nitrogens is 2. The highest BCUT2D eigenvalue weighted by Crippen LogP contribution is 2.10. The first-order valence-corrected chi connectivity index (χ1v) is 4.39. The lowest BCUT2D eigenvalue weighted by Gasteiger charge is -2.02.